The standard InChI is InChI=1S/C23H26FNO3/c1-15-6-7-16(2)20(14-15)25-21(26)17(3)28-22(27)23(12-4-5-13-23)18-8-10-19(24)11-9-18/h6-11,14,17H,4-5,12-13H2,1-3H3,(H,25,26)/t17-/m1/s1. The number of amides is 1. The zero-order chi connectivity index (χ0) is 20.3. The van der Waals surface area contributed by atoms with Crippen molar-refractivity contribution in [2.45, 2.75) is 58.0 Å². The number of carbonyl (C=O) groups excluding carboxylic acids is 2. The minimum absolute atomic E-state index is 0.341. The highest BCUT2D eigenvalue weighted by atomic mass is 19.1. The molecular weight excluding hydrogens is 357 g/mol. The highest BCUT2D eigenvalue weighted by Crippen LogP contribution is 2.42. The number of carbonyl (C=O) groups is 2. The van der Waals surface area contributed by atoms with Crippen LogP contribution in [0.1, 0.15) is 49.3 Å². The molecule has 4 nitrogen and oxygen atoms in total. The van der Waals surface area contributed by atoms with Crippen LogP contribution < -0.4 is 5.32 Å². The summed E-state index contributed by atoms with van der Waals surface area (Å²) in [6.07, 6.45) is 2.15. The molecule has 1 amide bonds. The number of hydrogen-bond donors (Lipinski definition) is 1. The minimum atomic E-state index is -0.926. The van der Waals surface area contributed by atoms with E-state index in [-0.39, 0.29) is 11.7 Å². The van der Waals surface area contributed by atoms with Crippen molar-refractivity contribution < 1.29 is 18.7 Å². The summed E-state index contributed by atoms with van der Waals surface area (Å²) in [4.78, 5) is 25.6. The maximum Gasteiger partial charge on any atom is 0.317 e. The number of nitrogens with one attached hydrogen (secondary N) is 1. The lowest BCUT2D eigenvalue weighted by Crippen LogP contribution is -2.40. The van der Waals surface area contributed by atoms with E-state index in [0.29, 0.717) is 18.5 Å². The summed E-state index contributed by atoms with van der Waals surface area (Å²) >= 11 is 0. The Morgan fingerprint density at radius 2 is 1.71 bits per heavy atom. The van der Waals surface area contributed by atoms with Crippen molar-refractivity contribution in [2.75, 3.05) is 5.32 Å². The van der Waals surface area contributed by atoms with Crippen LogP contribution in [0.4, 0.5) is 10.1 Å². The van der Waals surface area contributed by atoms with Crippen LogP contribution in [-0.4, -0.2) is 18.0 Å². The molecule has 148 valence electrons. The number of rotatable bonds is 5. The van der Waals surface area contributed by atoms with Gasteiger partial charge in [0.1, 0.15) is 5.82 Å². The number of halogens is 1. The molecule has 28 heavy (non-hydrogen) atoms. The number of ether oxygens (including phenoxy) is 1. The molecule has 0 saturated heterocycles. The molecule has 0 unspecified atom stereocenters. The SMILES string of the molecule is Cc1ccc(C)c(NC(=O)[C@@H](C)OC(=O)C2(c3ccc(F)cc3)CCCC2)c1. The van der Waals surface area contributed by atoms with Gasteiger partial charge < -0.3 is 10.1 Å². The van der Waals surface area contributed by atoms with Crippen molar-refractivity contribution in [2.24, 2.45) is 0 Å². The fourth-order valence-electron chi connectivity index (χ4n) is 3.79. The second-order valence-corrected chi connectivity index (χ2v) is 7.65. The molecule has 0 aliphatic heterocycles. The number of hydrogen-bond acceptors (Lipinski definition) is 3. The Morgan fingerprint density at radius 1 is 1.07 bits per heavy atom. The number of aryl methyl sites for hydroxylation is 2. The molecule has 0 radical (unpaired) electrons. The maximum absolute atomic E-state index is 13.3. The lowest BCUT2D eigenvalue weighted by atomic mass is 9.79. The molecule has 1 aliphatic carbocycles. The normalized spacial score (nSPS) is 16.4. The zero-order valence-electron chi connectivity index (χ0n) is 16.5. The number of anilines is 1. The van der Waals surface area contributed by atoms with E-state index in [1.54, 1.807) is 19.1 Å². The Balaban J connectivity index is 1.73. The topological polar surface area (TPSA) is 55.4 Å². The van der Waals surface area contributed by atoms with Crippen LogP contribution in [0, 0.1) is 19.7 Å². The summed E-state index contributed by atoms with van der Waals surface area (Å²) in [5.74, 6) is -1.12. The molecule has 0 heterocycles. The first-order valence-corrected chi connectivity index (χ1v) is 9.67. The predicted octanol–water partition coefficient (Wildman–Crippen LogP) is 4.82. The molecule has 0 bridgehead atoms. The van der Waals surface area contributed by atoms with E-state index in [4.69, 9.17) is 4.74 Å². The summed E-state index contributed by atoms with van der Waals surface area (Å²) in [5.41, 5.74) is 2.63. The first-order chi connectivity index (χ1) is 13.3. The van der Waals surface area contributed by atoms with E-state index in [1.165, 1.54) is 12.1 Å². The average molecular weight is 383 g/mol. The number of esters is 1. The number of benzene rings is 2. The van der Waals surface area contributed by atoms with Gasteiger partial charge in [-0.1, -0.05) is 37.1 Å². The Morgan fingerprint density at radius 3 is 2.36 bits per heavy atom. The van der Waals surface area contributed by atoms with Crippen LogP contribution in [0.2, 0.25) is 0 Å². The summed E-state index contributed by atoms with van der Waals surface area (Å²) in [7, 11) is 0. The Labute approximate surface area is 165 Å². The molecule has 1 N–H and O–H groups in total. The third-order valence-electron chi connectivity index (χ3n) is 5.55. The molecule has 0 aromatic heterocycles. The molecule has 1 fully saturated rings. The predicted molar refractivity (Wildman–Crippen MR) is 107 cm³/mol. The highest BCUT2D eigenvalue weighted by molar-refractivity contribution is 5.96. The van der Waals surface area contributed by atoms with Crippen molar-refractivity contribution >= 4 is 17.6 Å². The van der Waals surface area contributed by atoms with Crippen LogP contribution >= 0.6 is 0 Å². The molecule has 1 saturated carbocycles. The zero-order valence-corrected chi connectivity index (χ0v) is 16.5. The molecule has 2 aromatic rings. The lowest BCUT2D eigenvalue weighted by molar-refractivity contribution is -0.159. The van der Waals surface area contributed by atoms with Crippen molar-refractivity contribution in [1.82, 2.24) is 0 Å². The molecule has 5 heteroatoms. The average Bonchev–Trinajstić information content (AvgIpc) is 3.16. The monoisotopic (exact) mass is 383 g/mol. The van der Waals surface area contributed by atoms with Crippen molar-refractivity contribution in [3.05, 3.63) is 65.0 Å². The third kappa shape index (κ3) is 4.08. The van der Waals surface area contributed by atoms with Crippen LogP contribution in [0.15, 0.2) is 42.5 Å². The van der Waals surface area contributed by atoms with Gasteiger partial charge in [0.25, 0.3) is 5.91 Å². The fourth-order valence-corrected chi connectivity index (χ4v) is 3.79. The van der Waals surface area contributed by atoms with E-state index in [9.17, 15) is 14.0 Å². The van der Waals surface area contributed by atoms with Gasteiger partial charge in [0.2, 0.25) is 0 Å². The molecule has 0 spiro atoms. The van der Waals surface area contributed by atoms with E-state index in [2.05, 4.69) is 5.32 Å². The van der Waals surface area contributed by atoms with Gasteiger partial charge in [-0.25, -0.2) is 4.39 Å². The van der Waals surface area contributed by atoms with Gasteiger partial charge in [0.15, 0.2) is 6.10 Å². The van der Waals surface area contributed by atoms with Crippen LogP contribution in [-0.2, 0) is 19.7 Å². The second-order valence-electron chi connectivity index (χ2n) is 7.65. The van der Waals surface area contributed by atoms with Crippen LogP contribution in [0.25, 0.3) is 0 Å². The summed E-state index contributed by atoms with van der Waals surface area (Å²) < 4.78 is 18.9. The summed E-state index contributed by atoms with van der Waals surface area (Å²) in [6, 6.07) is 11.8. The van der Waals surface area contributed by atoms with Crippen molar-refractivity contribution in [1.29, 1.82) is 0 Å². The van der Waals surface area contributed by atoms with Crippen molar-refractivity contribution in [3.63, 3.8) is 0 Å². The van der Waals surface area contributed by atoms with Crippen molar-refractivity contribution in [3.8, 4) is 0 Å². The van der Waals surface area contributed by atoms with E-state index in [1.807, 2.05) is 32.0 Å². The molecule has 1 aliphatic rings. The third-order valence-corrected chi connectivity index (χ3v) is 5.55. The van der Waals surface area contributed by atoms with E-state index in [0.717, 1.165) is 29.5 Å². The Kier molecular flexibility index (Phi) is 5.82. The van der Waals surface area contributed by atoms with Gasteiger partial charge in [-0.05, 0) is 68.5 Å². The maximum atomic E-state index is 13.3. The lowest BCUT2D eigenvalue weighted by Gasteiger charge is -2.28. The quantitative estimate of drug-likeness (QED) is 0.753. The molecule has 2 aromatic carbocycles. The van der Waals surface area contributed by atoms with Gasteiger partial charge in [0.05, 0.1) is 5.41 Å². The summed E-state index contributed by atoms with van der Waals surface area (Å²) in [5, 5.41) is 2.84. The molecule has 3 rings (SSSR count). The molecule has 1 atom stereocenters. The Bertz CT molecular complexity index is 870. The van der Waals surface area contributed by atoms with E-state index >= 15 is 0 Å². The first-order valence-electron chi connectivity index (χ1n) is 9.67. The second kappa shape index (κ2) is 8.13. The first kappa shape index (κ1) is 20.1. The largest absolute Gasteiger partial charge is 0.452 e. The fraction of sp³-hybridized carbons (Fsp3) is 0.391. The van der Waals surface area contributed by atoms with Gasteiger partial charge in [-0.15, -0.1) is 0 Å². The van der Waals surface area contributed by atoms with Crippen LogP contribution in [0.3, 0.4) is 0 Å². The molecular formula is C23H26FNO3. The van der Waals surface area contributed by atoms with Gasteiger partial charge in [-0.2, -0.15) is 0 Å². The van der Waals surface area contributed by atoms with Crippen LogP contribution in [0.5, 0.6) is 0 Å². The minimum Gasteiger partial charge on any atom is -0.452 e. The van der Waals surface area contributed by atoms with Gasteiger partial charge in [-0.3, -0.25) is 9.59 Å². The Hall–Kier alpha value is -2.69. The smallest absolute Gasteiger partial charge is 0.317 e. The van der Waals surface area contributed by atoms with Gasteiger partial charge in [0, 0.05) is 5.69 Å². The van der Waals surface area contributed by atoms with Gasteiger partial charge >= 0.3 is 5.97 Å². The van der Waals surface area contributed by atoms with E-state index < -0.39 is 17.5 Å². The highest BCUT2D eigenvalue weighted by Gasteiger charge is 2.45. The summed E-state index contributed by atoms with van der Waals surface area (Å²) in [6.45, 7) is 5.44.